The lowest BCUT2D eigenvalue weighted by Crippen LogP contribution is -2.63. The van der Waals surface area contributed by atoms with Gasteiger partial charge >= 0.3 is 0 Å². The second kappa shape index (κ2) is 10.9. The molecule has 1 saturated carbocycles. The Labute approximate surface area is 202 Å². The molecule has 0 spiro atoms. The van der Waals surface area contributed by atoms with Crippen molar-refractivity contribution in [3.05, 3.63) is 17.5 Å². The zero-order valence-corrected chi connectivity index (χ0v) is 20.8. The summed E-state index contributed by atoms with van der Waals surface area (Å²) < 4.78 is 1.53. The van der Waals surface area contributed by atoms with Crippen molar-refractivity contribution in [2.24, 2.45) is 0 Å². The number of carbonyl (C=O) groups is 3. The van der Waals surface area contributed by atoms with Crippen molar-refractivity contribution in [2.75, 3.05) is 33.2 Å². The van der Waals surface area contributed by atoms with Gasteiger partial charge in [0.1, 0.15) is 11.2 Å². The molecule has 1 aliphatic carbocycles. The Morgan fingerprint density at radius 2 is 1.76 bits per heavy atom. The van der Waals surface area contributed by atoms with Crippen LogP contribution in [0.1, 0.15) is 92.1 Å². The molecule has 3 heterocycles. The van der Waals surface area contributed by atoms with Crippen LogP contribution in [0.2, 0.25) is 0 Å². The summed E-state index contributed by atoms with van der Waals surface area (Å²) in [6, 6.07) is 1.70. The average molecular weight is 473 g/mol. The molecule has 2 fully saturated rings. The van der Waals surface area contributed by atoms with E-state index in [1.807, 2.05) is 0 Å². The van der Waals surface area contributed by atoms with Gasteiger partial charge in [0.15, 0.2) is 5.69 Å². The van der Waals surface area contributed by atoms with Gasteiger partial charge in [0.25, 0.3) is 11.8 Å². The topological polar surface area (TPSA) is 99.6 Å². The average Bonchev–Trinajstić information content (AvgIpc) is 3.09. The van der Waals surface area contributed by atoms with E-state index < -0.39 is 5.54 Å². The molecule has 3 aliphatic rings. The van der Waals surface area contributed by atoms with Gasteiger partial charge < -0.3 is 20.4 Å². The lowest BCUT2D eigenvalue weighted by Gasteiger charge is -2.41. The quantitative estimate of drug-likeness (QED) is 0.468. The van der Waals surface area contributed by atoms with Crippen LogP contribution in [-0.4, -0.2) is 82.1 Å². The number of amides is 3. The Bertz CT molecular complexity index is 885. The maximum absolute atomic E-state index is 13.3. The van der Waals surface area contributed by atoms with Gasteiger partial charge in [0.05, 0.1) is 6.54 Å². The van der Waals surface area contributed by atoms with E-state index in [-0.39, 0.29) is 36.0 Å². The summed E-state index contributed by atoms with van der Waals surface area (Å²) in [6.45, 7) is 5.85. The third-order valence-corrected chi connectivity index (χ3v) is 7.80. The molecule has 188 valence electrons. The number of nitrogens with one attached hydrogen (secondary N) is 2. The number of hydrogen-bond donors (Lipinski definition) is 2. The highest BCUT2D eigenvalue weighted by atomic mass is 16.2. The van der Waals surface area contributed by atoms with Gasteiger partial charge in [-0.1, -0.05) is 32.1 Å². The molecule has 2 aliphatic heterocycles. The second-order valence-corrected chi connectivity index (χ2v) is 10.4. The smallest absolute Gasteiger partial charge is 0.272 e. The van der Waals surface area contributed by atoms with Crippen molar-refractivity contribution in [3.8, 4) is 0 Å². The van der Waals surface area contributed by atoms with E-state index in [0.29, 0.717) is 12.2 Å². The van der Waals surface area contributed by atoms with E-state index in [0.717, 1.165) is 51.7 Å². The number of piperidine rings is 1. The van der Waals surface area contributed by atoms with Gasteiger partial charge in [0, 0.05) is 25.7 Å². The maximum atomic E-state index is 13.3. The van der Waals surface area contributed by atoms with Crippen molar-refractivity contribution < 1.29 is 14.4 Å². The van der Waals surface area contributed by atoms with Gasteiger partial charge in [-0.15, -0.1) is 0 Å². The normalized spacial score (nSPS) is 24.4. The molecule has 2 N–H and O–H groups in total. The summed E-state index contributed by atoms with van der Waals surface area (Å²) in [5.74, 6) is -0.720. The van der Waals surface area contributed by atoms with Crippen molar-refractivity contribution >= 4 is 17.7 Å². The fourth-order valence-electron chi connectivity index (χ4n) is 5.38. The van der Waals surface area contributed by atoms with Gasteiger partial charge in [-0.05, 0) is 58.7 Å². The van der Waals surface area contributed by atoms with Gasteiger partial charge in [-0.2, -0.15) is 5.10 Å². The zero-order chi connectivity index (χ0) is 24.1. The standard InChI is InChI=1S/C25H40N6O3/c1-25(24(34)27-19-11-6-3-4-7-12-19)18-31-21(23(33)29(25)2)17-20(28-31)22(32)26-13-10-16-30-14-8-5-9-15-30/h17,19H,3-16,18H2,1-2H3,(H,26,32)(H,27,34). The minimum atomic E-state index is -1.05. The molecule has 9 nitrogen and oxygen atoms in total. The SMILES string of the molecule is CN1C(=O)c2cc(C(=O)NCCCN3CCCCC3)nn2CC1(C)C(=O)NC1CCCCCC1. The zero-order valence-electron chi connectivity index (χ0n) is 20.8. The number of aromatic nitrogens is 2. The fraction of sp³-hybridized carbons (Fsp3) is 0.760. The van der Waals surface area contributed by atoms with Gasteiger partial charge in [-0.3, -0.25) is 19.1 Å². The minimum Gasteiger partial charge on any atom is -0.351 e. The monoisotopic (exact) mass is 472 g/mol. The molecular weight excluding hydrogens is 432 g/mol. The van der Waals surface area contributed by atoms with Gasteiger partial charge in [0.2, 0.25) is 5.91 Å². The molecule has 4 rings (SSSR count). The third-order valence-electron chi connectivity index (χ3n) is 7.80. The highest BCUT2D eigenvalue weighted by Crippen LogP contribution is 2.27. The van der Waals surface area contributed by atoms with Crippen LogP contribution in [-0.2, 0) is 11.3 Å². The maximum Gasteiger partial charge on any atom is 0.272 e. The van der Waals surface area contributed by atoms with Crippen molar-refractivity contribution in [2.45, 2.75) is 89.3 Å². The predicted octanol–water partition coefficient (Wildman–Crippen LogP) is 2.17. The first-order valence-electron chi connectivity index (χ1n) is 13.1. The largest absolute Gasteiger partial charge is 0.351 e. The first-order valence-corrected chi connectivity index (χ1v) is 13.1. The van der Waals surface area contributed by atoms with Crippen LogP contribution in [0.3, 0.4) is 0 Å². The molecule has 9 heteroatoms. The molecule has 0 radical (unpaired) electrons. The number of carbonyl (C=O) groups excluding carboxylic acids is 3. The Morgan fingerprint density at radius 3 is 2.47 bits per heavy atom. The van der Waals surface area contributed by atoms with Crippen LogP contribution in [0.4, 0.5) is 0 Å². The Morgan fingerprint density at radius 1 is 1.09 bits per heavy atom. The summed E-state index contributed by atoms with van der Waals surface area (Å²) in [4.78, 5) is 43.0. The predicted molar refractivity (Wildman–Crippen MR) is 130 cm³/mol. The summed E-state index contributed by atoms with van der Waals surface area (Å²) in [5, 5.41) is 10.5. The molecule has 34 heavy (non-hydrogen) atoms. The first-order chi connectivity index (χ1) is 16.4. The lowest BCUT2D eigenvalue weighted by molar-refractivity contribution is -0.133. The number of fused-ring (bicyclic) bond motifs is 1. The molecule has 1 saturated heterocycles. The van der Waals surface area contributed by atoms with Crippen LogP contribution in [0.15, 0.2) is 6.07 Å². The number of nitrogens with zero attached hydrogens (tertiary/aromatic N) is 4. The number of hydrogen-bond acceptors (Lipinski definition) is 5. The van der Waals surface area contributed by atoms with Crippen LogP contribution < -0.4 is 10.6 Å². The van der Waals surface area contributed by atoms with E-state index in [4.69, 9.17) is 0 Å². The second-order valence-electron chi connectivity index (χ2n) is 10.4. The fourth-order valence-corrected chi connectivity index (χ4v) is 5.38. The highest BCUT2D eigenvalue weighted by molar-refractivity contribution is 6.01. The molecule has 1 aromatic heterocycles. The summed E-state index contributed by atoms with van der Waals surface area (Å²) in [7, 11) is 1.66. The molecular formula is C25H40N6O3. The molecule has 0 aromatic carbocycles. The summed E-state index contributed by atoms with van der Waals surface area (Å²) in [6.07, 6.45) is 11.3. The van der Waals surface area contributed by atoms with Crippen LogP contribution in [0, 0.1) is 0 Å². The molecule has 1 aromatic rings. The Balaban J connectivity index is 1.36. The van der Waals surface area contributed by atoms with Gasteiger partial charge in [-0.25, -0.2) is 0 Å². The van der Waals surface area contributed by atoms with E-state index in [9.17, 15) is 14.4 Å². The summed E-state index contributed by atoms with van der Waals surface area (Å²) in [5.41, 5.74) is -0.478. The Hall–Kier alpha value is -2.42. The summed E-state index contributed by atoms with van der Waals surface area (Å²) >= 11 is 0. The van der Waals surface area contributed by atoms with Crippen LogP contribution in [0.5, 0.6) is 0 Å². The Kier molecular flexibility index (Phi) is 7.91. The molecule has 1 atom stereocenters. The van der Waals surface area contributed by atoms with Crippen molar-refractivity contribution in [1.29, 1.82) is 0 Å². The van der Waals surface area contributed by atoms with E-state index in [2.05, 4.69) is 20.6 Å². The number of likely N-dealkylation sites (N-methyl/N-ethyl adjacent to an activating group) is 1. The van der Waals surface area contributed by atoms with E-state index in [1.54, 1.807) is 20.0 Å². The van der Waals surface area contributed by atoms with Crippen molar-refractivity contribution in [1.82, 2.24) is 30.2 Å². The highest BCUT2D eigenvalue weighted by Gasteiger charge is 2.46. The minimum absolute atomic E-state index is 0.153. The van der Waals surface area contributed by atoms with E-state index >= 15 is 0 Å². The van der Waals surface area contributed by atoms with Crippen LogP contribution in [0.25, 0.3) is 0 Å². The molecule has 3 amide bonds. The molecule has 1 unspecified atom stereocenters. The van der Waals surface area contributed by atoms with E-state index in [1.165, 1.54) is 41.7 Å². The number of likely N-dealkylation sites (tertiary alicyclic amines) is 1. The van der Waals surface area contributed by atoms with Crippen molar-refractivity contribution in [3.63, 3.8) is 0 Å². The number of rotatable bonds is 7. The molecule has 0 bridgehead atoms. The first kappa shape index (κ1) is 24.7. The third kappa shape index (κ3) is 5.45. The lowest BCUT2D eigenvalue weighted by atomic mass is 9.95. The van der Waals surface area contributed by atoms with Crippen LogP contribution >= 0.6 is 0 Å².